The molecule has 1 atom stereocenters. The molecule has 1 N–H and O–H groups in total. The first-order valence-electron chi connectivity index (χ1n) is 7.94. The first-order chi connectivity index (χ1) is 10.8. The summed E-state index contributed by atoms with van der Waals surface area (Å²) < 4.78 is 20.2. The number of ether oxygens (including phenoxy) is 1. The van der Waals surface area contributed by atoms with Crippen LogP contribution in [-0.2, 0) is 4.74 Å². The number of anilines is 1. The van der Waals surface area contributed by atoms with Crippen LogP contribution in [0, 0.1) is 11.7 Å². The maximum Gasteiger partial charge on any atom is 0.147 e. The van der Waals surface area contributed by atoms with Crippen molar-refractivity contribution in [3.05, 3.63) is 41.5 Å². The summed E-state index contributed by atoms with van der Waals surface area (Å²) in [7, 11) is 0. The number of allylic oxidation sites excluding steroid dienone is 1. The summed E-state index contributed by atoms with van der Waals surface area (Å²) in [5, 5.41) is 3.27. The Labute approximate surface area is 129 Å². The van der Waals surface area contributed by atoms with Crippen LogP contribution in [0.5, 0.6) is 0 Å². The van der Waals surface area contributed by atoms with Gasteiger partial charge in [0.25, 0.3) is 0 Å². The molecule has 0 radical (unpaired) electrons. The van der Waals surface area contributed by atoms with Crippen molar-refractivity contribution in [3.63, 3.8) is 0 Å². The van der Waals surface area contributed by atoms with Crippen molar-refractivity contribution in [2.75, 3.05) is 31.1 Å². The van der Waals surface area contributed by atoms with Gasteiger partial charge in [-0.05, 0) is 30.5 Å². The number of morpholine rings is 1. The predicted molar refractivity (Wildman–Crippen MR) is 84.6 cm³/mol. The van der Waals surface area contributed by atoms with Crippen molar-refractivity contribution in [3.8, 4) is 0 Å². The Balaban J connectivity index is 1.56. The van der Waals surface area contributed by atoms with Crippen LogP contribution in [0.3, 0.4) is 0 Å². The summed E-state index contributed by atoms with van der Waals surface area (Å²) >= 11 is 0. The van der Waals surface area contributed by atoms with Crippen molar-refractivity contribution < 1.29 is 9.13 Å². The van der Waals surface area contributed by atoms with Gasteiger partial charge in [-0.15, -0.1) is 0 Å². The molecule has 0 bridgehead atoms. The number of nitrogens with zero attached hydrogens (tertiary/aromatic N) is 2. The number of benzene rings is 1. The zero-order chi connectivity index (χ0) is 14.9. The minimum absolute atomic E-state index is 0.0576. The van der Waals surface area contributed by atoms with Gasteiger partial charge in [0.1, 0.15) is 5.82 Å². The number of halogens is 1. The molecular weight excluding hydrogens is 281 g/mol. The Bertz CT molecular complexity index is 618. The summed E-state index contributed by atoms with van der Waals surface area (Å²) in [6, 6.07) is 5.42. The van der Waals surface area contributed by atoms with Gasteiger partial charge in [0.15, 0.2) is 0 Å². The van der Waals surface area contributed by atoms with Crippen LogP contribution in [0.2, 0.25) is 0 Å². The standard InChI is InChI=1S/C17H20FN3O/c18-14-9-13(17-10-19-6-8-22-17)3-4-16(14)21-7-5-20-15(11-21)12-1-2-12/h3-5,9,11-12,17,19H,1-2,6-8,10H2/t17-/m1/s1. The third-order valence-corrected chi connectivity index (χ3v) is 4.38. The Kier molecular flexibility index (Phi) is 3.68. The van der Waals surface area contributed by atoms with Gasteiger partial charge in [-0.1, -0.05) is 6.07 Å². The predicted octanol–water partition coefficient (Wildman–Crippen LogP) is 2.63. The largest absolute Gasteiger partial charge is 0.371 e. The van der Waals surface area contributed by atoms with E-state index in [0.29, 0.717) is 24.8 Å². The molecule has 5 heteroatoms. The van der Waals surface area contributed by atoms with Crippen LogP contribution in [0.4, 0.5) is 10.1 Å². The van der Waals surface area contributed by atoms with E-state index >= 15 is 0 Å². The van der Waals surface area contributed by atoms with Crippen LogP contribution >= 0.6 is 0 Å². The van der Waals surface area contributed by atoms with Crippen LogP contribution in [0.25, 0.3) is 0 Å². The van der Waals surface area contributed by atoms with Crippen molar-refractivity contribution in [2.45, 2.75) is 18.9 Å². The lowest BCUT2D eigenvalue weighted by Crippen LogP contribution is -2.33. The van der Waals surface area contributed by atoms with Crippen molar-refractivity contribution >= 4 is 11.9 Å². The molecule has 3 aliphatic rings. The molecule has 1 aromatic carbocycles. The molecule has 0 amide bonds. The maximum atomic E-state index is 14.5. The van der Waals surface area contributed by atoms with Gasteiger partial charge in [0.2, 0.25) is 0 Å². The lowest BCUT2D eigenvalue weighted by Gasteiger charge is -2.26. The summed E-state index contributed by atoms with van der Waals surface area (Å²) in [5.74, 6) is 0.372. The Morgan fingerprint density at radius 1 is 1.32 bits per heavy atom. The molecule has 1 saturated heterocycles. The fraction of sp³-hybridized carbons (Fsp3) is 0.471. The highest BCUT2D eigenvalue weighted by atomic mass is 19.1. The number of aliphatic imine (C=N–C) groups is 1. The van der Waals surface area contributed by atoms with E-state index in [1.807, 2.05) is 29.4 Å². The minimum atomic E-state index is -0.201. The van der Waals surface area contributed by atoms with E-state index in [1.165, 1.54) is 12.8 Å². The second kappa shape index (κ2) is 5.82. The van der Waals surface area contributed by atoms with Crippen molar-refractivity contribution in [2.24, 2.45) is 10.9 Å². The Hall–Kier alpha value is -1.72. The van der Waals surface area contributed by atoms with Crippen LogP contribution in [0.1, 0.15) is 24.5 Å². The molecule has 1 aromatic rings. The Morgan fingerprint density at radius 2 is 2.23 bits per heavy atom. The zero-order valence-electron chi connectivity index (χ0n) is 12.5. The normalized spacial score (nSPS) is 25.2. The third-order valence-electron chi connectivity index (χ3n) is 4.38. The quantitative estimate of drug-likeness (QED) is 0.932. The molecule has 0 spiro atoms. The molecule has 1 saturated carbocycles. The molecule has 2 heterocycles. The van der Waals surface area contributed by atoms with Gasteiger partial charge in [-0.3, -0.25) is 4.99 Å². The molecule has 116 valence electrons. The topological polar surface area (TPSA) is 36.9 Å². The van der Waals surface area contributed by atoms with Crippen LogP contribution < -0.4 is 10.2 Å². The number of rotatable bonds is 3. The second-order valence-electron chi connectivity index (χ2n) is 6.07. The first-order valence-corrected chi connectivity index (χ1v) is 7.94. The van der Waals surface area contributed by atoms with E-state index < -0.39 is 0 Å². The highest BCUT2D eigenvalue weighted by Gasteiger charge is 2.28. The summed E-state index contributed by atoms with van der Waals surface area (Å²) in [6.07, 6.45) is 6.20. The molecule has 22 heavy (non-hydrogen) atoms. The average molecular weight is 301 g/mol. The zero-order valence-corrected chi connectivity index (χ0v) is 12.5. The smallest absolute Gasteiger partial charge is 0.147 e. The van der Waals surface area contributed by atoms with Gasteiger partial charge in [0.05, 0.1) is 30.6 Å². The highest BCUT2D eigenvalue weighted by Crippen LogP contribution is 2.38. The fourth-order valence-electron chi connectivity index (χ4n) is 2.97. The van der Waals surface area contributed by atoms with Crippen LogP contribution in [-0.4, -0.2) is 32.5 Å². The molecule has 4 rings (SSSR count). The molecule has 0 aromatic heterocycles. The van der Waals surface area contributed by atoms with E-state index in [9.17, 15) is 4.39 Å². The van der Waals surface area contributed by atoms with E-state index in [4.69, 9.17) is 4.74 Å². The van der Waals surface area contributed by atoms with E-state index in [0.717, 1.165) is 24.4 Å². The van der Waals surface area contributed by atoms with Gasteiger partial charge >= 0.3 is 0 Å². The molecule has 2 fully saturated rings. The van der Waals surface area contributed by atoms with E-state index in [2.05, 4.69) is 10.3 Å². The second-order valence-corrected chi connectivity index (χ2v) is 6.07. The third kappa shape index (κ3) is 2.78. The summed E-state index contributed by atoms with van der Waals surface area (Å²) in [6.45, 7) is 2.89. The van der Waals surface area contributed by atoms with E-state index in [1.54, 1.807) is 6.07 Å². The van der Waals surface area contributed by atoms with Crippen LogP contribution in [0.15, 0.2) is 35.1 Å². The monoisotopic (exact) mass is 301 g/mol. The van der Waals surface area contributed by atoms with E-state index in [-0.39, 0.29) is 11.9 Å². The van der Waals surface area contributed by atoms with Gasteiger partial charge < -0.3 is 15.0 Å². The molecule has 2 aliphatic heterocycles. The molecule has 0 unspecified atom stereocenters. The SMILES string of the molecule is Fc1cc([C@H]2CNCCO2)ccc1N1C=C(C2CC2)N=CC1. The van der Waals surface area contributed by atoms with Crippen molar-refractivity contribution in [1.82, 2.24) is 5.32 Å². The van der Waals surface area contributed by atoms with Crippen molar-refractivity contribution in [1.29, 1.82) is 0 Å². The molecular formula is C17H20FN3O. The minimum Gasteiger partial charge on any atom is -0.371 e. The highest BCUT2D eigenvalue weighted by molar-refractivity contribution is 5.71. The lowest BCUT2D eigenvalue weighted by molar-refractivity contribution is 0.0275. The number of nitrogens with one attached hydrogen (secondary N) is 1. The van der Waals surface area contributed by atoms with Gasteiger partial charge in [0, 0.05) is 31.4 Å². The number of hydrogen-bond acceptors (Lipinski definition) is 4. The molecule has 4 nitrogen and oxygen atoms in total. The fourth-order valence-corrected chi connectivity index (χ4v) is 2.97. The Morgan fingerprint density at radius 3 is 2.95 bits per heavy atom. The lowest BCUT2D eigenvalue weighted by atomic mass is 10.1. The summed E-state index contributed by atoms with van der Waals surface area (Å²) in [4.78, 5) is 6.38. The number of hydrogen-bond donors (Lipinski definition) is 1. The molecule has 1 aliphatic carbocycles. The van der Waals surface area contributed by atoms with Gasteiger partial charge in [-0.2, -0.15) is 0 Å². The maximum absolute atomic E-state index is 14.5. The van der Waals surface area contributed by atoms with Gasteiger partial charge in [-0.25, -0.2) is 4.39 Å². The summed E-state index contributed by atoms with van der Waals surface area (Å²) in [5.41, 5.74) is 2.58. The average Bonchev–Trinajstić information content (AvgIpc) is 3.41. The first kappa shape index (κ1) is 13.9.